The molecule has 0 spiro atoms. The first-order valence-corrected chi connectivity index (χ1v) is 7.41. The van der Waals surface area contributed by atoms with Crippen molar-refractivity contribution in [3.63, 3.8) is 0 Å². The van der Waals surface area contributed by atoms with Gasteiger partial charge in [-0.2, -0.15) is 8.78 Å². The number of hydrogen-bond acceptors (Lipinski definition) is 3. The van der Waals surface area contributed by atoms with Gasteiger partial charge < -0.3 is 15.0 Å². The summed E-state index contributed by atoms with van der Waals surface area (Å²) in [5.74, 6) is 0.0731. The van der Waals surface area contributed by atoms with Crippen molar-refractivity contribution in [2.45, 2.75) is 46.4 Å². The van der Waals surface area contributed by atoms with Gasteiger partial charge in [0, 0.05) is 30.7 Å². The zero-order chi connectivity index (χ0) is 16.4. The van der Waals surface area contributed by atoms with E-state index < -0.39 is 6.61 Å². The average Bonchev–Trinajstić information content (AvgIpc) is 2.44. The summed E-state index contributed by atoms with van der Waals surface area (Å²) in [6.07, 6.45) is 0. The van der Waals surface area contributed by atoms with Gasteiger partial charge in [0.05, 0.1) is 0 Å². The van der Waals surface area contributed by atoms with E-state index in [1.54, 1.807) is 26.0 Å². The number of halogens is 2. The van der Waals surface area contributed by atoms with Crippen molar-refractivity contribution in [2.24, 2.45) is 0 Å². The van der Waals surface area contributed by atoms with Crippen LogP contribution in [-0.2, 0) is 0 Å². The quantitative estimate of drug-likeness (QED) is 0.933. The van der Waals surface area contributed by atoms with E-state index in [1.165, 1.54) is 0 Å². The number of nitrogens with one attached hydrogen (secondary N) is 1. The van der Waals surface area contributed by atoms with Gasteiger partial charge in [0.2, 0.25) is 0 Å². The topological polar surface area (TPSA) is 41.6 Å². The zero-order valence-corrected chi connectivity index (χ0v) is 13.3. The lowest BCUT2D eigenvalue weighted by Gasteiger charge is -2.38. The predicted octanol–water partition coefficient (Wildman–Crippen LogP) is 2.73. The second-order valence-corrected chi connectivity index (χ2v) is 5.80. The lowest BCUT2D eigenvalue weighted by atomic mass is 10.0. The van der Waals surface area contributed by atoms with E-state index in [2.05, 4.69) is 10.1 Å². The first-order chi connectivity index (χ1) is 10.3. The van der Waals surface area contributed by atoms with Crippen LogP contribution < -0.4 is 10.1 Å². The Morgan fingerprint density at radius 2 is 1.91 bits per heavy atom. The summed E-state index contributed by atoms with van der Waals surface area (Å²) >= 11 is 0. The minimum atomic E-state index is -2.87. The Bertz CT molecular complexity index is 540. The lowest BCUT2D eigenvalue weighted by Crippen LogP contribution is -2.57. The zero-order valence-electron chi connectivity index (χ0n) is 13.3. The number of carbonyl (C=O) groups is 1. The van der Waals surface area contributed by atoms with Crippen molar-refractivity contribution in [3.05, 3.63) is 28.8 Å². The van der Waals surface area contributed by atoms with Crippen LogP contribution in [0, 0.1) is 13.8 Å². The van der Waals surface area contributed by atoms with Crippen LogP contribution in [0.4, 0.5) is 8.78 Å². The molecule has 2 rings (SSSR count). The van der Waals surface area contributed by atoms with E-state index in [1.807, 2.05) is 18.7 Å². The van der Waals surface area contributed by atoms with Crippen LogP contribution in [0.15, 0.2) is 12.1 Å². The Labute approximate surface area is 129 Å². The highest BCUT2D eigenvalue weighted by atomic mass is 19.3. The molecule has 0 aliphatic carbocycles. The van der Waals surface area contributed by atoms with Crippen molar-refractivity contribution in [1.82, 2.24) is 10.2 Å². The average molecular weight is 312 g/mol. The highest BCUT2D eigenvalue weighted by Crippen LogP contribution is 2.27. The number of hydrogen-bond donors (Lipinski definition) is 1. The highest BCUT2D eigenvalue weighted by molar-refractivity contribution is 5.95. The molecule has 2 unspecified atom stereocenters. The number of carbonyl (C=O) groups excluding carboxylic acids is 1. The molecule has 1 amide bonds. The second-order valence-electron chi connectivity index (χ2n) is 5.80. The Hall–Kier alpha value is -1.69. The van der Waals surface area contributed by atoms with Gasteiger partial charge in [-0.1, -0.05) is 0 Å². The van der Waals surface area contributed by atoms with Gasteiger partial charge in [-0.15, -0.1) is 0 Å². The third kappa shape index (κ3) is 3.38. The first kappa shape index (κ1) is 16.7. The number of aryl methyl sites for hydroxylation is 2. The summed E-state index contributed by atoms with van der Waals surface area (Å²) in [7, 11) is 0. The Kier molecular flexibility index (Phi) is 5.01. The Morgan fingerprint density at radius 3 is 2.45 bits per heavy atom. The molecule has 1 heterocycles. The maximum atomic E-state index is 12.7. The number of ether oxygens (including phenoxy) is 1. The Balaban J connectivity index is 2.27. The molecular formula is C16H22F2N2O2. The van der Waals surface area contributed by atoms with Crippen LogP contribution in [0.25, 0.3) is 0 Å². The van der Waals surface area contributed by atoms with Crippen molar-refractivity contribution in [2.75, 3.05) is 13.1 Å². The molecule has 122 valence electrons. The molecule has 1 aromatic rings. The monoisotopic (exact) mass is 312 g/mol. The number of amides is 1. The van der Waals surface area contributed by atoms with Crippen molar-refractivity contribution in [3.8, 4) is 5.75 Å². The van der Waals surface area contributed by atoms with Crippen LogP contribution >= 0.6 is 0 Å². The SMILES string of the molecule is Cc1cc(C(=O)N2CCNC(C)C2C)cc(C)c1OC(F)F. The molecule has 1 aliphatic heterocycles. The van der Waals surface area contributed by atoms with Gasteiger partial charge >= 0.3 is 6.61 Å². The number of rotatable bonds is 3. The van der Waals surface area contributed by atoms with Crippen LogP contribution in [0.1, 0.15) is 35.3 Å². The van der Waals surface area contributed by atoms with E-state index in [-0.39, 0.29) is 23.7 Å². The van der Waals surface area contributed by atoms with E-state index in [9.17, 15) is 13.6 Å². The molecule has 1 aliphatic rings. The smallest absolute Gasteiger partial charge is 0.387 e. The van der Waals surface area contributed by atoms with Crippen molar-refractivity contribution in [1.29, 1.82) is 0 Å². The van der Waals surface area contributed by atoms with E-state index >= 15 is 0 Å². The molecule has 1 N–H and O–H groups in total. The molecule has 1 aromatic carbocycles. The standard InChI is InChI=1S/C16H22F2N2O2/c1-9-7-13(8-10(2)14(9)22-16(17)18)15(21)20-6-5-19-11(3)12(20)4/h7-8,11-12,16,19H,5-6H2,1-4H3. The third-order valence-corrected chi connectivity index (χ3v) is 4.21. The van der Waals surface area contributed by atoms with E-state index in [4.69, 9.17) is 0 Å². The Morgan fingerprint density at radius 1 is 1.32 bits per heavy atom. The fourth-order valence-corrected chi connectivity index (χ4v) is 2.86. The van der Waals surface area contributed by atoms with Gasteiger partial charge in [0.25, 0.3) is 5.91 Å². The van der Waals surface area contributed by atoms with Crippen LogP contribution in [0.5, 0.6) is 5.75 Å². The molecule has 4 nitrogen and oxygen atoms in total. The van der Waals surface area contributed by atoms with Gasteiger partial charge in [0.15, 0.2) is 0 Å². The second kappa shape index (κ2) is 6.60. The van der Waals surface area contributed by atoms with Gasteiger partial charge in [-0.3, -0.25) is 4.79 Å². The molecule has 22 heavy (non-hydrogen) atoms. The summed E-state index contributed by atoms with van der Waals surface area (Å²) in [5.41, 5.74) is 1.59. The molecule has 0 bridgehead atoms. The van der Waals surface area contributed by atoms with Crippen molar-refractivity contribution < 1.29 is 18.3 Å². The fraction of sp³-hybridized carbons (Fsp3) is 0.562. The molecule has 6 heteroatoms. The van der Waals surface area contributed by atoms with Gasteiger partial charge in [0.1, 0.15) is 5.75 Å². The fourth-order valence-electron chi connectivity index (χ4n) is 2.86. The van der Waals surface area contributed by atoms with Crippen LogP contribution in [0.3, 0.4) is 0 Å². The predicted molar refractivity (Wildman–Crippen MR) is 80.5 cm³/mol. The largest absolute Gasteiger partial charge is 0.434 e. The molecule has 2 atom stereocenters. The highest BCUT2D eigenvalue weighted by Gasteiger charge is 2.29. The normalized spacial score (nSPS) is 22.0. The molecule has 1 fully saturated rings. The number of alkyl halides is 2. The van der Waals surface area contributed by atoms with Gasteiger partial charge in [-0.05, 0) is 51.0 Å². The summed E-state index contributed by atoms with van der Waals surface area (Å²) in [6.45, 7) is 5.91. The molecule has 1 saturated heterocycles. The van der Waals surface area contributed by atoms with Crippen LogP contribution in [0.2, 0.25) is 0 Å². The molecular weight excluding hydrogens is 290 g/mol. The van der Waals surface area contributed by atoms with Crippen LogP contribution in [-0.4, -0.2) is 42.6 Å². The van der Waals surface area contributed by atoms with Gasteiger partial charge in [-0.25, -0.2) is 0 Å². The number of nitrogens with zero attached hydrogens (tertiary/aromatic N) is 1. The maximum absolute atomic E-state index is 12.7. The summed E-state index contributed by atoms with van der Waals surface area (Å²) in [6, 6.07) is 3.54. The third-order valence-electron chi connectivity index (χ3n) is 4.21. The maximum Gasteiger partial charge on any atom is 0.387 e. The molecule has 0 saturated carbocycles. The first-order valence-electron chi connectivity index (χ1n) is 7.41. The molecule has 0 aromatic heterocycles. The number of piperazine rings is 1. The minimum absolute atomic E-state index is 0.0735. The minimum Gasteiger partial charge on any atom is -0.434 e. The summed E-state index contributed by atoms with van der Waals surface area (Å²) in [5, 5.41) is 3.32. The van der Waals surface area contributed by atoms with E-state index in [0.717, 1.165) is 6.54 Å². The molecule has 0 radical (unpaired) electrons. The van der Waals surface area contributed by atoms with Crippen molar-refractivity contribution >= 4 is 5.91 Å². The number of benzene rings is 1. The lowest BCUT2D eigenvalue weighted by molar-refractivity contribution is -0.0507. The summed E-state index contributed by atoms with van der Waals surface area (Å²) in [4.78, 5) is 14.5. The summed E-state index contributed by atoms with van der Waals surface area (Å²) < 4.78 is 29.4. The van der Waals surface area contributed by atoms with E-state index in [0.29, 0.717) is 23.2 Å².